The molecule has 26 heavy (non-hydrogen) atoms. The first kappa shape index (κ1) is 17.4. The largest absolute Gasteiger partial charge is 0.348 e. The number of hydrogen-bond donors (Lipinski definition) is 2. The standard InChI is InChI=1S/C21H19N3O2/c1-15-7-2-4-10-18(15)21(26)24-19-11-5-3-8-16(19)14-23-20(25)17-9-6-12-22-13-17/h2-13H,14H2,1H3,(H,23,25)(H,24,26). The molecule has 0 aliphatic heterocycles. The first-order valence-electron chi connectivity index (χ1n) is 8.28. The first-order valence-corrected chi connectivity index (χ1v) is 8.28. The fourth-order valence-corrected chi connectivity index (χ4v) is 2.59. The van der Waals surface area contributed by atoms with Gasteiger partial charge in [0.2, 0.25) is 0 Å². The second-order valence-electron chi connectivity index (χ2n) is 5.85. The average Bonchev–Trinajstić information content (AvgIpc) is 2.68. The molecule has 0 fully saturated rings. The quantitative estimate of drug-likeness (QED) is 0.742. The molecule has 0 saturated heterocycles. The van der Waals surface area contributed by atoms with Gasteiger partial charge < -0.3 is 10.6 Å². The molecular weight excluding hydrogens is 326 g/mol. The Kier molecular flexibility index (Phi) is 5.39. The van der Waals surface area contributed by atoms with Crippen LogP contribution in [-0.2, 0) is 6.54 Å². The maximum absolute atomic E-state index is 12.5. The van der Waals surface area contributed by atoms with Gasteiger partial charge in [-0.2, -0.15) is 0 Å². The van der Waals surface area contributed by atoms with Crippen LogP contribution in [0.4, 0.5) is 5.69 Å². The lowest BCUT2D eigenvalue weighted by atomic mass is 10.1. The minimum absolute atomic E-state index is 0.172. The summed E-state index contributed by atoms with van der Waals surface area (Å²) in [4.78, 5) is 28.7. The third kappa shape index (κ3) is 4.13. The van der Waals surface area contributed by atoms with Crippen molar-refractivity contribution in [3.63, 3.8) is 0 Å². The molecule has 1 aromatic heterocycles. The Morgan fingerprint density at radius 2 is 1.69 bits per heavy atom. The fraction of sp³-hybridized carbons (Fsp3) is 0.0952. The molecule has 5 heteroatoms. The van der Waals surface area contributed by atoms with E-state index in [1.165, 1.54) is 6.20 Å². The fourth-order valence-electron chi connectivity index (χ4n) is 2.59. The molecule has 3 rings (SSSR count). The van der Waals surface area contributed by atoms with Gasteiger partial charge in [0, 0.05) is 30.2 Å². The van der Waals surface area contributed by atoms with Crippen molar-refractivity contribution in [3.05, 3.63) is 95.3 Å². The van der Waals surface area contributed by atoms with Crippen LogP contribution in [0.3, 0.4) is 0 Å². The van der Waals surface area contributed by atoms with Gasteiger partial charge in [-0.05, 0) is 42.3 Å². The Labute approximate surface area is 152 Å². The number of hydrogen-bond acceptors (Lipinski definition) is 3. The van der Waals surface area contributed by atoms with E-state index in [-0.39, 0.29) is 11.8 Å². The summed E-state index contributed by atoms with van der Waals surface area (Å²) in [7, 11) is 0. The highest BCUT2D eigenvalue weighted by Crippen LogP contribution is 2.17. The SMILES string of the molecule is Cc1ccccc1C(=O)Nc1ccccc1CNC(=O)c1cccnc1. The molecule has 0 radical (unpaired) electrons. The summed E-state index contributed by atoms with van der Waals surface area (Å²) in [5.41, 5.74) is 3.53. The number of rotatable bonds is 5. The molecule has 0 atom stereocenters. The zero-order valence-corrected chi connectivity index (χ0v) is 14.4. The molecule has 2 aromatic carbocycles. The zero-order valence-electron chi connectivity index (χ0n) is 14.4. The molecule has 3 aromatic rings. The van der Waals surface area contributed by atoms with Crippen molar-refractivity contribution in [1.29, 1.82) is 0 Å². The predicted octanol–water partition coefficient (Wildman–Crippen LogP) is 3.57. The van der Waals surface area contributed by atoms with E-state index in [1.807, 2.05) is 49.4 Å². The van der Waals surface area contributed by atoms with E-state index in [2.05, 4.69) is 15.6 Å². The summed E-state index contributed by atoms with van der Waals surface area (Å²) < 4.78 is 0. The lowest BCUT2D eigenvalue weighted by molar-refractivity contribution is 0.0950. The minimum Gasteiger partial charge on any atom is -0.348 e. The van der Waals surface area contributed by atoms with Crippen LogP contribution < -0.4 is 10.6 Å². The number of carbonyl (C=O) groups excluding carboxylic acids is 2. The monoisotopic (exact) mass is 345 g/mol. The highest BCUT2D eigenvalue weighted by atomic mass is 16.2. The molecule has 0 saturated carbocycles. The highest BCUT2D eigenvalue weighted by molar-refractivity contribution is 6.05. The van der Waals surface area contributed by atoms with E-state index in [0.29, 0.717) is 23.4 Å². The number of anilines is 1. The minimum atomic E-state index is -0.210. The number of aryl methyl sites for hydroxylation is 1. The molecule has 130 valence electrons. The topological polar surface area (TPSA) is 71.1 Å². The third-order valence-electron chi connectivity index (χ3n) is 4.02. The molecule has 1 heterocycles. The maximum atomic E-state index is 12.5. The van der Waals surface area contributed by atoms with Crippen molar-refractivity contribution >= 4 is 17.5 Å². The van der Waals surface area contributed by atoms with Crippen LogP contribution in [0, 0.1) is 6.92 Å². The summed E-state index contributed by atoms with van der Waals surface area (Å²) >= 11 is 0. The Morgan fingerprint density at radius 3 is 2.46 bits per heavy atom. The van der Waals surface area contributed by atoms with Gasteiger partial charge >= 0.3 is 0 Å². The van der Waals surface area contributed by atoms with Gasteiger partial charge in [-0.25, -0.2) is 0 Å². The Hall–Kier alpha value is -3.47. The van der Waals surface area contributed by atoms with Crippen molar-refractivity contribution in [2.24, 2.45) is 0 Å². The van der Waals surface area contributed by atoms with Crippen molar-refractivity contribution in [2.75, 3.05) is 5.32 Å². The number of para-hydroxylation sites is 1. The van der Waals surface area contributed by atoms with E-state index in [4.69, 9.17) is 0 Å². The highest BCUT2D eigenvalue weighted by Gasteiger charge is 2.12. The van der Waals surface area contributed by atoms with Gasteiger partial charge in [0.1, 0.15) is 0 Å². The van der Waals surface area contributed by atoms with Crippen LogP contribution in [0.2, 0.25) is 0 Å². The second kappa shape index (κ2) is 8.07. The van der Waals surface area contributed by atoms with Crippen molar-refractivity contribution in [2.45, 2.75) is 13.5 Å². The van der Waals surface area contributed by atoms with E-state index in [1.54, 1.807) is 24.4 Å². The summed E-state index contributed by atoms with van der Waals surface area (Å²) in [5, 5.41) is 5.78. The van der Waals surface area contributed by atoms with Crippen LogP contribution in [-0.4, -0.2) is 16.8 Å². The number of aromatic nitrogens is 1. The molecule has 2 amide bonds. The van der Waals surface area contributed by atoms with Gasteiger partial charge in [0.15, 0.2) is 0 Å². The molecule has 0 aliphatic rings. The number of carbonyl (C=O) groups is 2. The van der Waals surface area contributed by atoms with Gasteiger partial charge in [-0.3, -0.25) is 14.6 Å². The van der Waals surface area contributed by atoms with Crippen molar-refractivity contribution < 1.29 is 9.59 Å². The van der Waals surface area contributed by atoms with E-state index < -0.39 is 0 Å². The predicted molar refractivity (Wildman–Crippen MR) is 101 cm³/mol. The van der Waals surface area contributed by atoms with E-state index >= 15 is 0 Å². The summed E-state index contributed by atoms with van der Waals surface area (Å²) in [6, 6.07) is 18.2. The summed E-state index contributed by atoms with van der Waals surface area (Å²) in [6.45, 7) is 2.20. The van der Waals surface area contributed by atoms with Crippen LogP contribution in [0.25, 0.3) is 0 Å². The number of amides is 2. The number of nitrogens with one attached hydrogen (secondary N) is 2. The van der Waals surface area contributed by atoms with Crippen molar-refractivity contribution in [1.82, 2.24) is 10.3 Å². The summed E-state index contributed by atoms with van der Waals surface area (Å²) in [5.74, 6) is -0.382. The van der Waals surface area contributed by atoms with E-state index in [0.717, 1.165) is 11.1 Å². The van der Waals surface area contributed by atoms with Gasteiger partial charge in [0.25, 0.3) is 11.8 Å². The van der Waals surface area contributed by atoms with E-state index in [9.17, 15) is 9.59 Å². The second-order valence-corrected chi connectivity index (χ2v) is 5.85. The lowest BCUT2D eigenvalue weighted by Crippen LogP contribution is -2.24. The van der Waals surface area contributed by atoms with Crippen LogP contribution >= 0.6 is 0 Å². The normalized spacial score (nSPS) is 10.2. The van der Waals surface area contributed by atoms with Gasteiger partial charge in [-0.1, -0.05) is 36.4 Å². The molecule has 0 spiro atoms. The number of benzene rings is 2. The third-order valence-corrected chi connectivity index (χ3v) is 4.02. The number of pyridine rings is 1. The molecular formula is C21H19N3O2. The maximum Gasteiger partial charge on any atom is 0.255 e. The van der Waals surface area contributed by atoms with Crippen LogP contribution in [0.5, 0.6) is 0 Å². The van der Waals surface area contributed by atoms with Crippen LogP contribution in [0.1, 0.15) is 31.8 Å². The first-order chi connectivity index (χ1) is 12.6. The van der Waals surface area contributed by atoms with Crippen molar-refractivity contribution in [3.8, 4) is 0 Å². The summed E-state index contributed by atoms with van der Waals surface area (Å²) in [6.07, 6.45) is 3.13. The lowest BCUT2D eigenvalue weighted by Gasteiger charge is -2.13. The zero-order chi connectivity index (χ0) is 18.4. The van der Waals surface area contributed by atoms with Gasteiger partial charge in [-0.15, -0.1) is 0 Å². The smallest absolute Gasteiger partial charge is 0.255 e. The average molecular weight is 345 g/mol. The molecule has 0 aliphatic carbocycles. The Bertz CT molecular complexity index is 923. The molecule has 0 bridgehead atoms. The molecule has 5 nitrogen and oxygen atoms in total. The molecule has 0 unspecified atom stereocenters. The van der Waals surface area contributed by atoms with Gasteiger partial charge in [0.05, 0.1) is 5.56 Å². The molecule has 2 N–H and O–H groups in total. The van der Waals surface area contributed by atoms with Crippen LogP contribution in [0.15, 0.2) is 73.1 Å². The Balaban J connectivity index is 1.71. The number of nitrogens with zero attached hydrogens (tertiary/aromatic N) is 1. The Morgan fingerprint density at radius 1 is 0.923 bits per heavy atom.